The fourth-order valence-electron chi connectivity index (χ4n) is 3.32. The number of nitrogens with one attached hydrogen (secondary N) is 2. The molecule has 2 heterocycles. The highest BCUT2D eigenvalue weighted by atomic mass is 16.5. The number of carbonyl (C=O) groups excluding carboxylic acids is 2. The summed E-state index contributed by atoms with van der Waals surface area (Å²) in [5.41, 5.74) is 3.02. The molecule has 2 aromatic carbocycles. The van der Waals surface area contributed by atoms with E-state index in [9.17, 15) is 9.59 Å². The van der Waals surface area contributed by atoms with E-state index in [1.165, 1.54) is 10.5 Å². The first kappa shape index (κ1) is 18.7. The molecule has 0 spiro atoms. The zero-order valence-corrected chi connectivity index (χ0v) is 16.1. The maximum Gasteiger partial charge on any atom is 0.270 e. The Morgan fingerprint density at radius 2 is 1.93 bits per heavy atom. The van der Waals surface area contributed by atoms with Gasteiger partial charge in [-0.05, 0) is 36.6 Å². The van der Waals surface area contributed by atoms with Crippen LogP contribution in [-0.4, -0.2) is 41.7 Å². The first-order valence-electron chi connectivity index (χ1n) is 9.50. The molecule has 0 fully saturated rings. The minimum absolute atomic E-state index is 0.0704. The van der Waals surface area contributed by atoms with Crippen LogP contribution in [0, 0.1) is 0 Å². The summed E-state index contributed by atoms with van der Waals surface area (Å²) in [6.07, 6.45) is 1.56. The standard InChI is InChI=1S/C22H22N4O3/c1-26-19-9-5-6-10-20(19)29-14-18(22(26)28)23-21(27)17-13-16(24-25-17)12-11-15-7-3-2-4-8-15/h2-10,13,18H,11-12,14H2,1H3,(H,23,27)(H,24,25). The van der Waals surface area contributed by atoms with E-state index in [0.29, 0.717) is 17.1 Å². The van der Waals surface area contributed by atoms with Crippen LogP contribution in [0.5, 0.6) is 5.75 Å². The van der Waals surface area contributed by atoms with Crippen molar-refractivity contribution in [3.8, 4) is 5.75 Å². The summed E-state index contributed by atoms with van der Waals surface area (Å²) in [7, 11) is 1.67. The van der Waals surface area contributed by atoms with Gasteiger partial charge in [0.05, 0.1) is 11.4 Å². The van der Waals surface area contributed by atoms with E-state index >= 15 is 0 Å². The summed E-state index contributed by atoms with van der Waals surface area (Å²) >= 11 is 0. The van der Waals surface area contributed by atoms with Gasteiger partial charge in [-0.3, -0.25) is 14.7 Å². The summed E-state index contributed by atoms with van der Waals surface area (Å²) in [5, 5.41) is 9.73. The van der Waals surface area contributed by atoms with Crippen molar-refractivity contribution in [3.63, 3.8) is 0 Å². The van der Waals surface area contributed by atoms with E-state index in [2.05, 4.69) is 27.6 Å². The SMILES string of the molecule is CN1C(=O)C(NC(=O)c2cc(CCc3ccccc3)n[nH]2)COc2ccccc21. The molecule has 4 rings (SSSR count). The predicted octanol–water partition coefficient (Wildman–Crippen LogP) is 2.35. The zero-order valence-electron chi connectivity index (χ0n) is 16.1. The highest BCUT2D eigenvalue weighted by Gasteiger charge is 2.30. The first-order chi connectivity index (χ1) is 14.1. The number of carbonyl (C=O) groups is 2. The van der Waals surface area contributed by atoms with Crippen LogP contribution in [-0.2, 0) is 17.6 Å². The summed E-state index contributed by atoms with van der Waals surface area (Å²) in [4.78, 5) is 26.9. The van der Waals surface area contributed by atoms with Crippen LogP contribution in [0.25, 0.3) is 0 Å². The average molecular weight is 390 g/mol. The van der Waals surface area contributed by atoms with E-state index in [4.69, 9.17) is 4.74 Å². The van der Waals surface area contributed by atoms with E-state index in [1.54, 1.807) is 19.2 Å². The molecule has 1 aliphatic heterocycles. The molecule has 3 aromatic rings. The number of fused-ring (bicyclic) bond motifs is 1. The van der Waals surface area contributed by atoms with Gasteiger partial charge in [-0.25, -0.2) is 0 Å². The summed E-state index contributed by atoms with van der Waals surface area (Å²) in [5.74, 6) is 0.00159. The number of H-pyrrole nitrogens is 1. The maximum atomic E-state index is 12.7. The van der Waals surface area contributed by atoms with Gasteiger partial charge in [0.25, 0.3) is 11.8 Å². The van der Waals surface area contributed by atoms with Crippen molar-refractivity contribution in [2.45, 2.75) is 18.9 Å². The number of likely N-dealkylation sites (N-methyl/N-ethyl adjacent to an activating group) is 1. The number of amides is 2. The lowest BCUT2D eigenvalue weighted by atomic mass is 10.1. The number of aromatic nitrogens is 2. The lowest BCUT2D eigenvalue weighted by Gasteiger charge is -2.20. The van der Waals surface area contributed by atoms with Gasteiger partial charge in [0, 0.05) is 7.05 Å². The highest BCUT2D eigenvalue weighted by Crippen LogP contribution is 2.29. The Morgan fingerprint density at radius 3 is 2.76 bits per heavy atom. The molecule has 0 saturated heterocycles. The number of aromatic amines is 1. The Balaban J connectivity index is 1.39. The van der Waals surface area contributed by atoms with Crippen molar-refractivity contribution in [2.24, 2.45) is 0 Å². The summed E-state index contributed by atoms with van der Waals surface area (Å²) < 4.78 is 5.73. The van der Waals surface area contributed by atoms with Gasteiger partial charge in [-0.1, -0.05) is 42.5 Å². The Kier molecular flexibility index (Phi) is 5.29. The Morgan fingerprint density at radius 1 is 1.17 bits per heavy atom. The quantitative estimate of drug-likeness (QED) is 0.700. The van der Waals surface area contributed by atoms with E-state index in [-0.39, 0.29) is 18.4 Å². The third kappa shape index (κ3) is 4.13. The van der Waals surface area contributed by atoms with Gasteiger partial charge >= 0.3 is 0 Å². The highest BCUT2D eigenvalue weighted by molar-refractivity contribution is 6.02. The number of ether oxygens (including phenoxy) is 1. The molecule has 0 radical (unpaired) electrons. The normalized spacial score (nSPS) is 16.0. The number of anilines is 1. The molecule has 1 aromatic heterocycles. The second-order valence-corrected chi connectivity index (χ2v) is 6.96. The van der Waals surface area contributed by atoms with Gasteiger partial charge in [0.15, 0.2) is 0 Å². The minimum atomic E-state index is -0.782. The molecule has 1 unspecified atom stereocenters. The molecule has 1 aliphatic rings. The van der Waals surface area contributed by atoms with Gasteiger partial charge in [0.1, 0.15) is 24.1 Å². The molecule has 1 atom stereocenters. The monoisotopic (exact) mass is 390 g/mol. The molecular weight excluding hydrogens is 368 g/mol. The Labute approximate surface area is 168 Å². The lowest BCUT2D eigenvalue weighted by Crippen LogP contribution is -2.49. The largest absolute Gasteiger partial charge is 0.489 e. The van der Waals surface area contributed by atoms with Crippen molar-refractivity contribution < 1.29 is 14.3 Å². The smallest absolute Gasteiger partial charge is 0.270 e. The van der Waals surface area contributed by atoms with Crippen molar-refractivity contribution in [2.75, 3.05) is 18.6 Å². The number of benzene rings is 2. The van der Waals surface area contributed by atoms with Crippen LogP contribution in [0.2, 0.25) is 0 Å². The summed E-state index contributed by atoms with van der Waals surface area (Å²) in [6.45, 7) is 0.0704. The lowest BCUT2D eigenvalue weighted by molar-refractivity contribution is -0.120. The molecule has 2 N–H and O–H groups in total. The van der Waals surface area contributed by atoms with Crippen molar-refractivity contribution in [3.05, 3.63) is 77.6 Å². The second kappa shape index (κ2) is 8.18. The number of hydrogen-bond acceptors (Lipinski definition) is 4. The van der Waals surface area contributed by atoms with Gasteiger partial charge < -0.3 is 15.0 Å². The molecule has 0 saturated carbocycles. The van der Waals surface area contributed by atoms with Crippen LogP contribution in [0.15, 0.2) is 60.7 Å². The zero-order chi connectivity index (χ0) is 20.2. The van der Waals surface area contributed by atoms with Crippen molar-refractivity contribution >= 4 is 17.5 Å². The topological polar surface area (TPSA) is 87.3 Å². The predicted molar refractivity (Wildman–Crippen MR) is 109 cm³/mol. The average Bonchev–Trinajstić information content (AvgIpc) is 3.20. The second-order valence-electron chi connectivity index (χ2n) is 6.96. The van der Waals surface area contributed by atoms with Gasteiger partial charge in [-0.15, -0.1) is 0 Å². The fraction of sp³-hybridized carbons (Fsp3) is 0.227. The van der Waals surface area contributed by atoms with E-state index in [1.807, 2.05) is 36.4 Å². The number of hydrogen-bond donors (Lipinski definition) is 2. The molecule has 7 nitrogen and oxygen atoms in total. The number of aryl methyl sites for hydroxylation is 2. The molecule has 0 aliphatic carbocycles. The third-order valence-electron chi connectivity index (χ3n) is 4.95. The van der Waals surface area contributed by atoms with Crippen LogP contribution >= 0.6 is 0 Å². The Hall–Kier alpha value is -3.61. The van der Waals surface area contributed by atoms with Crippen molar-refractivity contribution in [1.82, 2.24) is 15.5 Å². The van der Waals surface area contributed by atoms with Gasteiger partial charge in [-0.2, -0.15) is 5.10 Å². The molecule has 7 heteroatoms. The van der Waals surface area contributed by atoms with Gasteiger partial charge in [0.2, 0.25) is 0 Å². The number of para-hydroxylation sites is 2. The van der Waals surface area contributed by atoms with Crippen LogP contribution in [0.1, 0.15) is 21.7 Å². The maximum absolute atomic E-state index is 12.7. The van der Waals surface area contributed by atoms with Crippen molar-refractivity contribution in [1.29, 1.82) is 0 Å². The number of nitrogens with zero attached hydrogens (tertiary/aromatic N) is 2. The minimum Gasteiger partial charge on any atom is -0.489 e. The fourth-order valence-corrected chi connectivity index (χ4v) is 3.32. The van der Waals surface area contributed by atoms with Crippen LogP contribution < -0.4 is 15.0 Å². The van der Waals surface area contributed by atoms with Crippen LogP contribution in [0.3, 0.4) is 0 Å². The molecular formula is C22H22N4O3. The third-order valence-corrected chi connectivity index (χ3v) is 4.95. The summed E-state index contributed by atoms with van der Waals surface area (Å²) in [6, 6.07) is 18.3. The first-order valence-corrected chi connectivity index (χ1v) is 9.50. The Bertz CT molecular complexity index is 1020. The van der Waals surface area contributed by atoms with Crippen LogP contribution in [0.4, 0.5) is 5.69 Å². The number of rotatable bonds is 5. The van der Waals surface area contributed by atoms with E-state index in [0.717, 1.165) is 18.5 Å². The van der Waals surface area contributed by atoms with E-state index < -0.39 is 6.04 Å². The molecule has 29 heavy (non-hydrogen) atoms. The molecule has 2 amide bonds. The molecule has 0 bridgehead atoms. The molecule has 148 valence electrons.